The van der Waals surface area contributed by atoms with Crippen LogP contribution in [-0.4, -0.2) is 46.7 Å². The summed E-state index contributed by atoms with van der Waals surface area (Å²) in [7, 11) is 0. The highest BCUT2D eigenvalue weighted by atomic mass is 17.2. The molecule has 0 fully saturated rings. The minimum Gasteiger partial charge on any atom is -0.394 e. The van der Waals surface area contributed by atoms with Crippen LogP contribution in [-0.2, 0) is 14.6 Å². The maximum absolute atomic E-state index is 11.4. The van der Waals surface area contributed by atoms with Crippen molar-refractivity contribution in [2.75, 3.05) is 13.2 Å². The monoisotopic (exact) mass is 388 g/mol. The lowest BCUT2D eigenvalue weighted by molar-refractivity contribution is -0.282. The number of hydrogen-bond acceptors (Lipinski definition) is 6. The highest BCUT2D eigenvalue weighted by Gasteiger charge is 2.07. The fourth-order valence-corrected chi connectivity index (χ4v) is 2.63. The summed E-state index contributed by atoms with van der Waals surface area (Å²) >= 11 is 0. The SMILES string of the molecule is CCCCCC[C@@H](O)C/C=C\CCCCCCCC(=O)OOCC(O)CO. The summed E-state index contributed by atoms with van der Waals surface area (Å²) in [5.41, 5.74) is 0. The fourth-order valence-electron chi connectivity index (χ4n) is 2.63. The summed E-state index contributed by atoms with van der Waals surface area (Å²) in [6.07, 6.45) is 15.9. The number of carbonyl (C=O) groups is 1. The molecule has 0 saturated heterocycles. The van der Waals surface area contributed by atoms with E-state index in [0.717, 1.165) is 57.8 Å². The standard InChI is InChI=1S/C21H40O6/c1-2-3-4-11-14-19(23)15-12-9-7-5-6-8-10-13-16-21(25)27-26-18-20(24)17-22/h9,12,19-20,22-24H,2-8,10-11,13-18H2,1H3/b12-9-/t19-,20?/m1/s1. The van der Waals surface area contributed by atoms with Crippen LogP contribution in [0, 0.1) is 0 Å². The van der Waals surface area contributed by atoms with Crippen LogP contribution in [0.1, 0.15) is 90.4 Å². The fraction of sp³-hybridized carbons (Fsp3) is 0.857. The van der Waals surface area contributed by atoms with Gasteiger partial charge in [-0.2, -0.15) is 4.89 Å². The summed E-state index contributed by atoms with van der Waals surface area (Å²) < 4.78 is 0. The molecule has 0 heterocycles. The van der Waals surface area contributed by atoms with Gasteiger partial charge in [-0.25, -0.2) is 4.79 Å². The molecule has 0 aliphatic carbocycles. The van der Waals surface area contributed by atoms with Gasteiger partial charge in [0.15, 0.2) is 0 Å². The van der Waals surface area contributed by atoms with Gasteiger partial charge in [-0.05, 0) is 32.1 Å². The van der Waals surface area contributed by atoms with Gasteiger partial charge in [0, 0.05) is 6.42 Å². The topological polar surface area (TPSA) is 96.2 Å². The molecular formula is C21H40O6. The van der Waals surface area contributed by atoms with Gasteiger partial charge in [-0.3, -0.25) is 4.89 Å². The van der Waals surface area contributed by atoms with E-state index in [1.807, 2.05) is 0 Å². The van der Waals surface area contributed by atoms with E-state index in [0.29, 0.717) is 6.42 Å². The predicted octanol–water partition coefficient (Wildman–Crippen LogP) is 3.82. The van der Waals surface area contributed by atoms with E-state index in [-0.39, 0.29) is 12.7 Å². The molecule has 0 aliphatic rings. The van der Waals surface area contributed by atoms with E-state index < -0.39 is 18.7 Å². The maximum Gasteiger partial charge on any atom is 0.342 e. The molecule has 6 heteroatoms. The number of hydrogen-bond donors (Lipinski definition) is 3. The first kappa shape index (κ1) is 26.1. The van der Waals surface area contributed by atoms with Gasteiger partial charge in [0.1, 0.15) is 12.7 Å². The molecule has 6 nitrogen and oxygen atoms in total. The number of allylic oxidation sites excluding steroid dienone is 1. The Balaban J connectivity index is 3.35. The Kier molecular flexibility index (Phi) is 19.1. The summed E-state index contributed by atoms with van der Waals surface area (Å²) in [5.74, 6) is -0.448. The third-order valence-corrected chi connectivity index (χ3v) is 4.34. The Bertz CT molecular complexity index is 359. The molecule has 27 heavy (non-hydrogen) atoms. The van der Waals surface area contributed by atoms with Crippen molar-refractivity contribution in [3.8, 4) is 0 Å². The average molecular weight is 389 g/mol. The number of carbonyl (C=O) groups excluding carboxylic acids is 1. The van der Waals surface area contributed by atoms with Crippen LogP contribution < -0.4 is 0 Å². The Morgan fingerprint density at radius 3 is 2.37 bits per heavy atom. The third kappa shape index (κ3) is 19.6. The van der Waals surface area contributed by atoms with E-state index in [1.54, 1.807) is 0 Å². The number of aliphatic hydroxyl groups is 3. The molecule has 0 spiro atoms. The molecule has 0 rings (SSSR count). The minimum atomic E-state index is -1.03. The van der Waals surface area contributed by atoms with Gasteiger partial charge in [0.25, 0.3) is 0 Å². The molecule has 0 aromatic heterocycles. The average Bonchev–Trinajstić information content (AvgIpc) is 2.66. The van der Waals surface area contributed by atoms with E-state index >= 15 is 0 Å². The Hall–Kier alpha value is -0.950. The van der Waals surface area contributed by atoms with E-state index in [9.17, 15) is 9.90 Å². The normalized spacial score (nSPS) is 13.8. The molecule has 1 unspecified atom stereocenters. The van der Waals surface area contributed by atoms with E-state index in [4.69, 9.17) is 10.2 Å². The third-order valence-electron chi connectivity index (χ3n) is 4.34. The van der Waals surface area contributed by atoms with Gasteiger partial charge in [0.2, 0.25) is 0 Å². The minimum absolute atomic E-state index is 0.200. The molecule has 2 atom stereocenters. The van der Waals surface area contributed by atoms with Gasteiger partial charge >= 0.3 is 5.97 Å². The smallest absolute Gasteiger partial charge is 0.342 e. The summed E-state index contributed by atoms with van der Waals surface area (Å²) in [4.78, 5) is 20.4. The zero-order valence-electron chi connectivity index (χ0n) is 17.0. The van der Waals surface area contributed by atoms with Crippen LogP contribution in [0.5, 0.6) is 0 Å². The van der Waals surface area contributed by atoms with E-state index in [1.165, 1.54) is 19.3 Å². The first-order valence-corrected chi connectivity index (χ1v) is 10.5. The lowest BCUT2D eigenvalue weighted by atomic mass is 10.1. The maximum atomic E-state index is 11.4. The Morgan fingerprint density at radius 1 is 0.926 bits per heavy atom. The number of aliphatic hydroxyl groups excluding tert-OH is 3. The molecule has 160 valence electrons. The molecule has 0 aromatic rings. The molecule has 0 radical (unpaired) electrons. The van der Waals surface area contributed by atoms with Crippen molar-refractivity contribution in [2.24, 2.45) is 0 Å². The summed E-state index contributed by atoms with van der Waals surface area (Å²) in [6.45, 7) is 1.55. The zero-order chi connectivity index (χ0) is 20.2. The van der Waals surface area contributed by atoms with Crippen LogP contribution in [0.15, 0.2) is 12.2 Å². The van der Waals surface area contributed by atoms with Crippen molar-refractivity contribution in [3.05, 3.63) is 12.2 Å². The van der Waals surface area contributed by atoms with Crippen molar-refractivity contribution in [3.63, 3.8) is 0 Å². The first-order chi connectivity index (χ1) is 13.1. The number of rotatable bonds is 19. The zero-order valence-corrected chi connectivity index (χ0v) is 17.0. The van der Waals surface area contributed by atoms with Crippen molar-refractivity contribution in [1.82, 2.24) is 0 Å². The molecule has 0 aliphatic heterocycles. The van der Waals surface area contributed by atoms with Crippen LogP contribution in [0.25, 0.3) is 0 Å². The second-order valence-corrected chi connectivity index (χ2v) is 7.09. The Labute approximate surface area is 164 Å². The summed E-state index contributed by atoms with van der Waals surface area (Å²) in [6, 6.07) is 0. The second-order valence-electron chi connectivity index (χ2n) is 7.09. The predicted molar refractivity (Wildman–Crippen MR) is 106 cm³/mol. The summed E-state index contributed by atoms with van der Waals surface area (Å²) in [5, 5.41) is 27.5. The lowest BCUT2D eigenvalue weighted by Gasteiger charge is -2.07. The highest BCUT2D eigenvalue weighted by Crippen LogP contribution is 2.10. The second kappa shape index (κ2) is 19.8. The van der Waals surface area contributed by atoms with Crippen LogP contribution >= 0.6 is 0 Å². The van der Waals surface area contributed by atoms with Crippen molar-refractivity contribution in [1.29, 1.82) is 0 Å². The molecule has 3 N–H and O–H groups in total. The van der Waals surface area contributed by atoms with Gasteiger partial charge in [-0.1, -0.05) is 64.0 Å². The molecule has 0 amide bonds. The molecule has 0 saturated carbocycles. The van der Waals surface area contributed by atoms with Crippen LogP contribution in [0.4, 0.5) is 0 Å². The highest BCUT2D eigenvalue weighted by molar-refractivity contribution is 5.68. The first-order valence-electron chi connectivity index (χ1n) is 10.5. The molecular weight excluding hydrogens is 348 g/mol. The van der Waals surface area contributed by atoms with Crippen LogP contribution in [0.2, 0.25) is 0 Å². The molecule has 0 aromatic carbocycles. The van der Waals surface area contributed by atoms with Gasteiger partial charge in [0.05, 0.1) is 12.7 Å². The molecule has 0 bridgehead atoms. The Morgan fingerprint density at radius 2 is 1.63 bits per heavy atom. The largest absolute Gasteiger partial charge is 0.394 e. The van der Waals surface area contributed by atoms with Crippen molar-refractivity contribution in [2.45, 2.75) is 103 Å². The van der Waals surface area contributed by atoms with E-state index in [2.05, 4.69) is 28.9 Å². The van der Waals surface area contributed by atoms with Crippen molar-refractivity contribution >= 4 is 5.97 Å². The van der Waals surface area contributed by atoms with Crippen molar-refractivity contribution < 1.29 is 29.9 Å². The van der Waals surface area contributed by atoms with Gasteiger partial charge < -0.3 is 15.3 Å². The number of unbranched alkanes of at least 4 members (excludes halogenated alkanes) is 8. The lowest BCUT2D eigenvalue weighted by Crippen LogP contribution is -2.20. The quantitative estimate of drug-likeness (QED) is 0.135. The van der Waals surface area contributed by atoms with Crippen LogP contribution in [0.3, 0.4) is 0 Å². The van der Waals surface area contributed by atoms with Gasteiger partial charge in [-0.15, -0.1) is 0 Å².